The second kappa shape index (κ2) is 9.07. The van der Waals surface area contributed by atoms with Gasteiger partial charge < -0.3 is 5.32 Å². The molecule has 0 unspecified atom stereocenters. The first-order valence-corrected chi connectivity index (χ1v) is 8.71. The van der Waals surface area contributed by atoms with Gasteiger partial charge in [0.2, 0.25) is 11.1 Å². The Morgan fingerprint density at radius 2 is 2.00 bits per heavy atom. The number of thioether (sulfide) groups is 1. The van der Waals surface area contributed by atoms with Crippen LogP contribution in [0.25, 0.3) is 11.4 Å². The lowest BCUT2D eigenvalue weighted by atomic mass is 10.1. The summed E-state index contributed by atoms with van der Waals surface area (Å²) in [7, 11) is 0. The fraction of sp³-hybridized carbons (Fsp3) is 0.375. The Bertz CT molecular complexity index is 672. The summed E-state index contributed by atoms with van der Waals surface area (Å²) in [6, 6.07) is 9.12. The molecule has 24 heavy (non-hydrogen) atoms. The minimum absolute atomic E-state index is 0.0731. The van der Waals surface area contributed by atoms with E-state index in [1.54, 1.807) is 0 Å². The lowest BCUT2D eigenvalue weighted by molar-refractivity contribution is -0.117. The molecule has 2 rings (SSSR count). The van der Waals surface area contributed by atoms with Gasteiger partial charge in [0.1, 0.15) is 0 Å². The summed E-state index contributed by atoms with van der Waals surface area (Å²) in [6.45, 7) is 4.69. The van der Waals surface area contributed by atoms with E-state index in [4.69, 9.17) is 0 Å². The van der Waals surface area contributed by atoms with Crippen LogP contribution in [-0.2, 0) is 4.79 Å². The van der Waals surface area contributed by atoms with Crippen LogP contribution in [0.2, 0.25) is 0 Å². The maximum atomic E-state index is 11.7. The maximum absolute atomic E-state index is 11.7. The number of amides is 3. The summed E-state index contributed by atoms with van der Waals surface area (Å²) in [6.07, 6.45) is 0.871. The molecule has 0 saturated heterocycles. The molecule has 8 heteroatoms. The SMILES string of the molecule is CC(C)CCNC(=O)NC(=O)CSc1n[nH]c(-c2ccccc2)n1. The third-order valence-corrected chi connectivity index (χ3v) is 3.95. The second-order valence-corrected chi connectivity index (χ2v) is 6.55. The average Bonchev–Trinajstić information content (AvgIpc) is 3.02. The van der Waals surface area contributed by atoms with Crippen molar-refractivity contribution in [2.45, 2.75) is 25.4 Å². The van der Waals surface area contributed by atoms with E-state index >= 15 is 0 Å². The highest BCUT2D eigenvalue weighted by atomic mass is 32.2. The van der Waals surface area contributed by atoms with Crippen molar-refractivity contribution in [3.63, 3.8) is 0 Å². The Hall–Kier alpha value is -2.35. The molecule has 3 amide bonds. The van der Waals surface area contributed by atoms with E-state index in [1.165, 1.54) is 11.8 Å². The first-order chi connectivity index (χ1) is 11.5. The van der Waals surface area contributed by atoms with Crippen LogP contribution >= 0.6 is 11.8 Å². The predicted octanol–water partition coefficient (Wildman–Crippen LogP) is 2.44. The number of carbonyl (C=O) groups excluding carboxylic acids is 2. The van der Waals surface area contributed by atoms with Crippen LogP contribution in [0.5, 0.6) is 0 Å². The molecule has 2 aromatic rings. The standard InChI is InChI=1S/C16H21N5O2S/c1-11(2)8-9-17-15(23)18-13(22)10-24-16-19-14(20-21-16)12-6-4-3-5-7-12/h3-7,11H,8-10H2,1-2H3,(H,19,20,21)(H2,17,18,22,23). The van der Waals surface area contributed by atoms with Crippen molar-refractivity contribution in [3.8, 4) is 11.4 Å². The van der Waals surface area contributed by atoms with E-state index in [2.05, 4.69) is 39.7 Å². The molecule has 1 heterocycles. The molecule has 0 spiro atoms. The van der Waals surface area contributed by atoms with Crippen molar-refractivity contribution >= 4 is 23.7 Å². The fourth-order valence-corrected chi connectivity index (χ4v) is 2.45. The molecule has 1 aromatic carbocycles. The van der Waals surface area contributed by atoms with Crippen molar-refractivity contribution in [2.75, 3.05) is 12.3 Å². The normalized spacial score (nSPS) is 10.6. The van der Waals surface area contributed by atoms with Crippen LogP contribution in [0.4, 0.5) is 4.79 Å². The molecule has 128 valence electrons. The predicted molar refractivity (Wildman–Crippen MR) is 93.5 cm³/mol. The quantitative estimate of drug-likeness (QED) is 0.668. The van der Waals surface area contributed by atoms with E-state index < -0.39 is 6.03 Å². The van der Waals surface area contributed by atoms with E-state index in [1.807, 2.05) is 30.3 Å². The van der Waals surface area contributed by atoms with Crippen molar-refractivity contribution < 1.29 is 9.59 Å². The Kier molecular flexibility index (Phi) is 6.80. The third-order valence-electron chi connectivity index (χ3n) is 3.10. The summed E-state index contributed by atoms with van der Waals surface area (Å²) in [5.41, 5.74) is 0.922. The largest absolute Gasteiger partial charge is 0.338 e. The molecular weight excluding hydrogens is 326 g/mol. The first kappa shape index (κ1) is 18.0. The monoisotopic (exact) mass is 347 g/mol. The fourth-order valence-electron chi connectivity index (χ4n) is 1.85. The summed E-state index contributed by atoms with van der Waals surface area (Å²) < 4.78 is 0. The molecule has 0 aliphatic rings. The van der Waals surface area contributed by atoms with Gasteiger partial charge in [-0.05, 0) is 12.3 Å². The Balaban J connectivity index is 1.74. The zero-order chi connectivity index (χ0) is 17.4. The van der Waals surface area contributed by atoms with E-state index in [-0.39, 0.29) is 11.7 Å². The van der Waals surface area contributed by atoms with Gasteiger partial charge in [-0.25, -0.2) is 9.78 Å². The number of H-pyrrole nitrogens is 1. The molecule has 7 nitrogen and oxygen atoms in total. The van der Waals surface area contributed by atoms with Crippen LogP contribution in [0.3, 0.4) is 0 Å². The number of nitrogens with one attached hydrogen (secondary N) is 3. The van der Waals surface area contributed by atoms with Gasteiger partial charge in [0.15, 0.2) is 5.82 Å². The number of hydrogen-bond acceptors (Lipinski definition) is 5. The number of hydrogen-bond donors (Lipinski definition) is 3. The van der Waals surface area contributed by atoms with Gasteiger partial charge in [-0.3, -0.25) is 15.2 Å². The zero-order valence-electron chi connectivity index (χ0n) is 13.7. The average molecular weight is 347 g/mol. The number of imide groups is 1. The van der Waals surface area contributed by atoms with Gasteiger partial charge in [-0.2, -0.15) is 0 Å². The van der Waals surface area contributed by atoms with Gasteiger partial charge in [0.05, 0.1) is 5.75 Å². The summed E-state index contributed by atoms with van der Waals surface area (Å²) in [5.74, 6) is 0.836. The van der Waals surface area contributed by atoms with Crippen molar-refractivity contribution in [1.82, 2.24) is 25.8 Å². The van der Waals surface area contributed by atoms with Crippen molar-refractivity contribution in [2.24, 2.45) is 5.92 Å². The Labute approximate surface area is 145 Å². The Morgan fingerprint density at radius 3 is 2.71 bits per heavy atom. The lowest BCUT2D eigenvalue weighted by Gasteiger charge is -2.07. The maximum Gasteiger partial charge on any atom is 0.321 e. The highest BCUT2D eigenvalue weighted by Gasteiger charge is 2.11. The smallest absolute Gasteiger partial charge is 0.321 e. The van der Waals surface area contributed by atoms with Gasteiger partial charge in [0.25, 0.3) is 0 Å². The van der Waals surface area contributed by atoms with Crippen LogP contribution in [0.15, 0.2) is 35.5 Å². The molecular formula is C16H21N5O2S. The van der Waals surface area contributed by atoms with Crippen LogP contribution in [0, 0.1) is 5.92 Å². The van der Waals surface area contributed by atoms with Gasteiger partial charge in [0, 0.05) is 12.1 Å². The number of carbonyl (C=O) groups is 2. The number of nitrogens with zero attached hydrogens (tertiary/aromatic N) is 2. The number of urea groups is 1. The zero-order valence-corrected chi connectivity index (χ0v) is 14.5. The van der Waals surface area contributed by atoms with E-state index in [0.29, 0.717) is 23.4 Å². The molecule has 0 fully saturated rings. The van der Waals surface area contributed by atoms with Crippen LogP contribution in [-0.4, -0.2) is 39.4 Å². The highest BCUT2D eigenvalue weighted by Crippen LogP contribution is 2.18. The van der Waals surface area contributed by atoms with Crippen LogP contribution < -0.4 is 10.6 Å². The topological polar surface area (TPSA) is 99.8 Å². The third kappa shape index (κ3) is 6.04. The van der Waals surface area contributed by atoms with Gasteiger partial charge in [-0.1, -0.05) is 55.9 Å². The van der Waals surface area contributed by atoms with Gasteiger partial charge in [-0.15, -0.1) is 5.10 Å². The number of aromatic nitrogens is 3. The minimum atomic E-state index is -0.471. The molecule has 0 atom stereocenters. The van der Waals surface area contributed by atoms with E-state index in [9.17, 15) is 9.59 Å². The second-order valence-electron chi connectivity index (χ2n) is 5.61. The Morgan fingerprint density at radius 1 is 1.25 bits per heavy atom. The first-order valence-electron chi connectivity index (χ1n) is 7.73. The van der Waals surface area contributed by atoms with E-state index in [0.717, 1.165) is 12.0 Å². The van der Waals surface area contributed by atoms with Crippen molar-refractivity contribution in [1.29, 1.82) is 0 Å². The molecule has 0 bridgehead atoms. The summed E-state index contributed by atoms with van der Waals surface area (Å²) in [5, 5.41) is 12.3. The molecule has 0 radical (unpaired) electrons. The number of benzene rings is 1. The molecule has 1 aromatic heterocycles. The van der Waals surface area contributed by atoms with Crippen molar-refractivity contribution in [3.05, 3.63) is 30.3 Å². The van der Waals surface area contributed by atoms with Crippen LogP contribution in [0.1, 0.15) is 20.3 Å². The molecule has 0 saturated carbocycles. The molecule has 3 N–H and O–H groups in total. The van der Waals surface area contributed by atoms with Gasteiger partial charge >= 0.3 is 6.03 Å². The molecule has 0 aliphatic carbocycles. The summed E-state index contributed by atoms with van der Waals surface area (Å²) in [4.78, 5) is 27.6. The lowest BCUT2D eigenvalue weighted by Crippen LogP contribution is -2.40. The minimum Gasteiger partial charge on any atom is -0.338 e. The number of aromatic amines is 1. The highest BCUT2D eigenvalue weighted by molar-refractivity contribution is 7.99. The number of rotatable bonds is 7. The summed E-state index contributed by atoms with van der Waals surface area (Å²) >= 11 is 1.17. The molecule has 0 aliphatic heterocycles.